The van der Waals surface area contributed by atoms with Crippen LogP contribution in [0, 0.1) is 6.92 Å². The van der Waals surface area contributed by atoms with Crippen LogP contribution >= 0.6 is 21.6 Å². The highest BCUT2D eigenvalue weighted by Crippen LogP contribution is 2.87. The highest BCUT2D eigenvalue weighted by Gasteiger charge is 2.70. The second kappa shape index (κ2) is 14.5. The SMILES string of the molecule is Cc1ccc2c(c1)c1c(n2C)-c2ccccc2C12CCC(Cl)C1(c3cc4c(cc3-c3cc5c(cc31)C(C)(C)CCC5(C)C)C(C)(C)CCC4(C)C)S2(C)CCCCCCOC(C)(C)C. The molecule has 2 nitrogen and oxygen atoms in total. The highest BCUT2D eigenvalue weighted by molar-refractivity contribution is 8.35. The van der Waals surface area contributed by atoms with Crippen molar-refractivity contribution in [1.82, 2.24) is 4.57 Å². The molecule has 0 N–H and O–H groups in total. The molecule has 2 heterocycles. The Hall–Kier alpha value is -2.98. The number of alkyl halides is 1. The van der Waals surface area contributed by atoms with Gasteiger partial charge in [0.25, 0.3) is 0 Å². The minimum absolute atomic E-state index is 0.0400. The summed E-state index contributed by atoms with van der Waals surface area (Å²) < 4.78 is 8.26. The molecular weight excluding hydrogens is 818 g/mol. The lowest BCUT2D eigenvalue weighted by Crippen LogP contribution is -2.54. The Kier molecular flexibility index (Phi) is 10.2. The van der Waals surface area contributed by atoms with E-state index in [9.17, 15) is 0 Å². The van der Waals surface area contributed by atoms with Crippen molar-refractivity contribution in [1.29, 1.82) is 0 Å². The second-order valence-electron chi connectivity index (χ2n) is 25.0. The number of rotatable bonds is 7. The molecule has 10 rings (SSSR count). The summed E-state index contributed by atoms with van der Waals surface area (Å²) in [5.41, 5.74) is 21.3. The van der Waals surface area contributed by atoms with Gasteiger partial charge >= 0.3 is 0 Å². The van der Waals surface area contributed by atoms with Gasteiger partial charge in [-0.25, -0.2) is 10.0 Å². The lowest BCUT2D eigenvalue weighted by atomic mass is 9.62. The van der Waals surface area contributed by atoms with Gasteiger partial charge in [0.1, 0.15) is 0 Å². The minimum Gasteiger partial charge on any atom is -0.376 e. The van der Waals surface area contributed by atoms with Crippen LogP contribution in [0.2, 0.25) is 0 Å². The van der Waals surface area contributed by atoms with E-state index in [0.717, 1.165) is 25.9 Å². The van der Waals surface area contributed by atoms with Crippen LogP contribution in [0.5, 0.6) is 0 Å². The Morgan fingerprint density at radius 3 is 1.73 bits per heavy atom. The molecule has 0 bridgehead atoms. The molecular formula is C60H78ClNOS. The van der Waals surface area contributed by atoms with Gasteiger partial charge in [-0.3, -0.25) is 0 Å². The maximum atomic E-state index is 8.63. The molecule has 1 aromatic heterocycles. The molecule has 0 radical (unpaired) electrons. The Bertz CT molecular complexity index is 2630. The van der Waals surface area contributed by atoms with Crippen molar-refractivity contribution in [2.24, 2.45) is 7.05 Å². The lowest BCUT2D eigenvalue weighted by Gasteiger charge is -2.67. The molecule has 4 aromatic carbocycles. The number of nitrogens with zero attached hydrogens (tertiary/aromatic N) is 1. The quantitative estimate of drug-likeness (QED) is 0.117. The molecule has 5 aromatic rings. The predicted octanol–water partition coefficient (Wildman–Crippen LogP) is 16.5. The van der Waals surface area contributed by atoms with Gasteiger partial charge in [0.2, 0.25) is 0 Å². The Balaban J connectivity index is 1.31. The molecule has 1 saturated heterocycles. The number of hydrogen-bond donors (Lipinski definition) is 0. The third-order valence-corrected chi connectivity index (χ3v) is 24.2. The molecule has 1 aliphatic heterocycles. The van der Waals surface area contributed by atoms with Gasteiger partial charge in [0.15, 0.2) is 0 Å². The van der Waals surface area contributed by atoms with Gasteiger partial charge < -0.3 is 9.30 Å². The fourth-order valence-corrected chi connectivity index (χ4v) is 21.1. The summed E-state index contributed by atoms with van der Waals surface area (Å²) in [5.74, 6) is 1.17. The van der Waals surface area contributed by atoms with Gasteiger partial charge in [-0.2, -0.15) is 0 Å². The number of aryl methyl sites for hydroxylation is 2. The van der Waals surface area contributed by atoms with E-state index in [-0.39, 0.29) is 42.1 Å². The standard InChI is InChI=1S/C60H78ClNOS/c1-38-23-24-50-42(33-38)52-53(62(50)13)39-21-17-18-22-43(39)59(52)26-25-51(61)60(64(59,14)32-20-16-15-19-31-63-54(2,3)4)44-36-48-46(55(5,6)27-29-57(48,9)10)34-40(44)41-35-47-49(37-45(41)60)58(11,12)30-28-56(47,7)8/h17-18,21-24,33-37,51H,15-16,19-20,25-32H2,1-14H3. The number of ether oxygens (including phenoxy) is 1. The summed E-state index contributed by atoms with van der Waals surface area (Å²) in [6.07, 6.45) is 14.4. The fraction of sp³-hybridized carbons (Fsp3) is 0.567. The van der Waals surface area contributed by atoms with Crippen molar-refractivity contribution in [3.63, 3.8) is 0 Å². The fourth-order valence-electron chi connectivity index (χ4n) is 14.3. The van der Waals surface area contributed by atoms with Crippen LogP contribution in [0.4, 0.5) is 0 Å². The van der Waals surface area contributed by atoms with Gasteiger partial charge in [-0.05, 0) is 187 Å². The van der Waals surface area contributed by atoms with Gasteiger partial charge in [-0.15, -0.1) is 11.6 Å². The first-order valence-electron chi connectivity index (χ1n) is 25.1. The van der Waals surface area contributed by atoms with Gasteiger partial charge in [-0.1, -0.05) is 116 Å². The summed E-state index contributed by atoms with van der Waals surface area (Å²) in [5, 5.41) is 1.41. The maximum absolute atomic E-state index is 8.63. The predicted molar refractivity (Wildman–Crippen MR) is 279 cm³/mol. The van der Waals surface area contributed by atoms with Crippen LogP contribution in [0.15, 0.2) is 66.7 Å². The first-order chi connectivity index (χ1) is 29.9. The zero-order valence-electron chi connectivity index (χ0n) is 42.1. The van der Waals surface area contributed by atoms with E-state index in [1.165, 1.54) is 89.5 Å². The molecule has 64 heavy (non-hydrogen) atoms. The zero-order chi connectivity index (χ0) is 45.8. The number of hydrogen-bond acceptors (Lipinski definition) is 1. The van der Waals surface area contributed by atoms with Gasteiger partial charge in [0.05, 0.1) is 26.2 Å². The third kappa shape index (κ3) is 6.06. The first kappa shape index (κ1) is 44.8. The maximum Gasteiger partial charge on any atom is 0.0688 e. The molecule has 0 amide bonds. The van der Waals surface area contributed by atoms with Crippen LogP contribution in [0.1, 0.15) is 190 Å². The van der Waals surface area contributed by atoms with Crippen molar-refractivity contribution in [2.75, 3.05) is 18.6 Å². The molecule has 4 aliphatic carbocycles. The Morgan fingerprint density at radius 2 is 1.17 bits per heavy atom. The lowest BCUT2D eigenvalue weighted by molar-refractivity contribution is -0.00471. The average Bonchev–Trinajstić information content (AvgIpc) is 3.80. The monoisotopic (exact) mass is 896 g/mol. The van der Waals surface area contributed by atoms with E-state index in [1.54, 1.807) is 44.5 Å². The van der Waals surface area contributed by atoms with Crippen LogP contribution < -0.4 is 0 Å². The van der Waals surface area contributed by atoms with E-state index in [4.69, 9.17) is 16.3 Å². The topological polar surface area (TPSA) is 14.2 Å². The van der Waals surface area contributed by atoms with Crippen molar-refractivity contribution in [3.8, 4) is 22.4 Å². The van der Waals surface area contributed by atoms with E-state index >= 15 is 0 Å². The number of aromatic nitrogens is 1. The van der Waals surface area contributed by atoms with Crippen molar-refractivity contribution in [3.05, 3.63) is 117 Å². The summed E-state index contributed by atoms with van der Waals surface area (Å²) >= 11 is 8.63. The summed E-state index contributed by atoms with van der Waals surface area (Å²) in [6, 6.07) is 28.0. The summed E-state index contributed by atoms with van der Waals surface area (Å²) in [4.78, 5) is 0. The number of benzene rings is 4. The molecule has 2 spiro atoms. The van der Waals surface area contributed by atoms with E-state index in [0.29, 0.717) is 0 Å². The van der Waals surface area contributed by atoms with Crippen molar-refractivity contribution < 1.29 is 4.74 Å². The normalized spacial score (nSPS) is 27.1. The Morgan fingerprint density at radius 1 is 0.641 bits per heavy atom. The highest BCUT2D eigenvalue weighted by atomic mass is 35.5. The smallest absolute Gasteiger partial charge is 0.0688 e. The van der Waals surface area contributed by atoms with Crippen molar-refractivity contribution >= 4 is 32.5 Å². The molecule has 3 unspecified atom stereocenters. The van der Waals surface area contributed by atoms with E-state index in [2.05, 4.69) is 168 Å². The molecule has 4 heteroatoms. The van der Waals surface area contributed by atoms with Crippen LogP contribution in [-0.4, -0.2) is 34.2 Å². The second-order valence-corrected chi connectivity index (χ2v) is 29.5. The molecule has 0 saturated carbocycles. The van der Waals surface area contributed by atoms with Gasteiger partial charge in [0, 0.05) is 35.7 Å². The van der Waals surface area contributed by atoms with E-state index in [1.807, 2.05) is 0 Å². The number of fused-ring (bicyclic) bond motifs is 14. The molecule has 1 fully saturated rings. The summed E-state index contributed by atoms with van der Waals surface area (Å²) in [7, 11) is 0.550. The van der Waals surface area contributed by atoms with Crippen LogP contribution in [0.25, 0.3) is 33.3 Å². The Labute approximate surface area is 394 Å². The number of unbranched alkanes of at least 4 members (excludes halogenated alkanes) is 3. The van der Waals surface area contributed by atoms with Crippen molar-refractivity contribution in [2.45, 2.75) is 189 Å². The minimum atomic E-state index is -1.79. The van der Waals surface area contributed by atoms with Crippen LogP contribution in [-0.2, 0) is 42.9 Å². The number of halogens is 1. The molecule has 3 atom stereocenters. The molecule has 5 aliphatic rings. The molecule has 342 valence electrons. The average molecular weight is 897 g/mol. The summed E-state index contributed by atoms with van der Waals surface area (Å²) in [6.45, 7) is 29.8. The first-order valence-corrected chi connectivity index (χ1v) is 27.7. The van der Waals surface area contributed by atoms with Crippen LogP contribution in [0.3, 0.4) is 0 Å². The zero-order valence-corrected chi connectivity index (χ0v) is 43.6. The largest absolute Gasteiger partial charge is 0.376 e. The third-order valence-electron chi connectivity index (χ3n) is 18.1. The van der Waals surface area contributed by atoms with E-state index < -0.39 is 10.0 Å².